The third-order valence-corrected chi connectivity index (χ3v) is 7.24. The molecule has 0 saturated carbocycles. The van der Waals surface area contributed by atoms with E-state index in [-0.39, 0.29) is 24.1 Å². The SMILES string of the molecule is O=C1CCCC(=O)N1CCS(=O)(=O)N1CCC(COCc2ccccc2)CC1. The van der Waals surface area contributed by atoms with E-state index in [1.807, 2.05) is 30.3 Å². The Labute approximate surface area is 166 Å². The Kier molecular flexibility index (Phi) is 7.20. The topological polar surface area (TPSA) is 84.0 Å². The van der Waals surface area contributed by atoms with Gasteiger partial charge in [-0.3, -0.25) is 14.5 Å². The van der Waals surface area contributed by atoms with Gasteiger partial charge >= 0.3 is 0 Å². The predicted molar refractivity (Wildman–Crippen MR) is 105 cm³/mol. The Morgan fingerprint density at radius 1 is 1.00 bits per heavy atom. The number of nitrogens with zero attached hydrogens (tertiary/aromatic N) is 2. The number of sulfonamides is 1. The van der Waals surface area contributed by atoms with Crippen LogP contribution in [0.25, 0.3) is 0 Å². The zero-order valence-electron chi connectivity index (χ0n) is 16.1. The first-order valence-electron chi connectivity index (χ1n) is 9.88. The summed E-state index contributed by atoms with van der Waals surface area (Å²) in [6.07, 6.45) is 2.71. The summed E-state index contributed by atoms with van der Waals surface area (Å²) in [4.78, 5) is 24.8. The van der Waals surface area contributed by atoms with Gasteiger partial charge in [-0.2, -0.15) is 0 Å². The normalized spacial score (nSPS) is 19.9. The number of hydrogen-bond donors (Lipinski definition) is 0. The molecule has 0 atom stereocenters. The molecule has 2 heterocycles. The zero-order valence-corrected chi connectivity index (χ0v) is 16.9. The summed E-state index contributed by atoms with van der Waals surface area (Å²) >= 11 is 0. The fourth-order valence-corrected chi connectivity index (χ4v) is 5.10. The van der Waals surface area contributed by atoms with Gasteiger partial charge in [-0.05, 0) is 30.7 Å². The van der Waals surface area contributed by atoms with Crippen LogP contribution in [-0.4, -0.2) is 61.4 Å². The van der Waals surface area contributed by atoms with Crippen molar-refractivity contribution in [1.82, 2.24) is 9.21 Å². The van der Waals surface area contributed by atoms with Crippen molar-refractivity contribution in [2.24, 2.45) is 5.92 Å². The second-order valence-electron chi connectivity index (χ2n) is 7.45. The van der Waals surface area contributed by atoms with Crippen molar-refractivity contribution in [3.8, 4) is 0 Å². The summed E-state index contributed by atoms with van der Waals surface area (Å²) in [5.74, 6) is -0.374. The molecule has 2 amide bonds. The first kappa shape index (κ1) is 21.0. The van der Waals surface area contributed by atoms with Crippen molar-refractivity contribution < 1.29 is 22.7 Å². The molecule has 28 heavy (non-hydrogen) atoms. The minimum absolute atomic E-state index is 0.0416. The molecule has 1 aromatic rings. The fourth-order valence-electron chi connectivity index (χ4n) is 3.66. The number of amides is 2. The maximum Gasteiger partial charge on any atom is 0.229 e. The van der Waals surface area contributed by atoms with E-state index < -0.39 is 10.0 Å². The van der Waals surface area contributed by atoms with Crippen LogP contribution in [0.5, 0.6) is 0 Å². The van der Waals surface area contributed by atoms with Gasteiger partial charge in [0, 0.05) is 39.1 Å². The van der Waals surface area contributed by atoms with E-state index in [1.54, 1.807) is 0 Å². The number of ether oxygens (including phenoxy) is 1. The van der Waals surface area contributed by atoms with Gasteiger partial charge in [0.2, 0.25) is 21.8 Å². The number of hydrogen-bond acceptors (Lipinski definition) is 5. The van der Waals surface area contributed by atoms with Crippen LogP contribution in [0.3, 0.4) is 0 Å². The number of imide groups is 1. The summed E-state index contributed by atoms with van der Waals surface area (Å²) in [5.41, 5.74) is 1.13. The molecule has 2 aliphatic heterocycles. The molecule has 3 rings (SSSR count). The van der Waals surface area contributed by atoms with Crippen LogP contribution in [0, 0.1) is 5.92 Å². The average molecular weight is 409 g/mol. The molecule has 2 saturated heterocycles. The average Bonchev–Trinajstić information content (AvgIpc) is 2.69. The summed E-state index contributed by atoms with van der Waals surface area (Å²) in [5, 5.41) is 0. The van der Waals surface area contributed by atoms with E-state index in [1.165, 1.54) is 4.31 Å². The Morgan fingerprint density at radius 2 is 1.64 bits per heavy atom. The van der Waals surface area contributed by atoms with E-state index in [4.69, 9.17) is 4.74 Å². The minimum Gasteiger partial charge on any atom is -0.376 e. The number of rotatable bonds is 8. The number of carbonyl (C=O) groups is 2. The lowest BCUT2D eigenvalue weighted by molar-refractivity contribution is -0.147. The minimum atomic E-state index is -3.47. The van der Waals surface area contributed by atoms with Crippen LogP contribution in [-0.2, 0) is 31.0 Å². The molecule has 8 heteroatoms. The molecule has 7 nitrogen and oxygen atoms in total. The van der Waals surface area contributed by atoms with Crippen LogP contribution < -0.4 is 0 Å². The van der Waals surface area contributed by atoms with E-state index in [0.29, 0.717) is 51.5 Å². The highest BCUT2D eigenvalue weighted by molar-refractivity contribution is 7.89. The Morgan fingerprint density at radius 3 is 2.29 bits per heavy atom. The summed E-state index contributed by atoms with van der Waals surface area (Å²) in [6.45, 7) is 2.07. The highest BCUT2D eigenvalue weighted by atomic mass is 32.2. The second-order valence-corrected chi connectivity index (χ2v) is 9.54. The molecular formula is C20H28N2O5S. The molecule has 1 aromatic carbocycles. The van der Waals surface area contributed by atoms with Crippen molar-refractivity contribution in [2.75, 3.05) is 32.0 Å². The van der Waals surface area contributed by atoms with E-state index >= 15 is 0 Å². The Hall–Kier alpha value is -1.77. The third kappa shape index (κ3) is 5.62. The molecule has 0 unspecified atom stereocenters. The maximum absolute atomic E-state index is 12.6. The highest BCUT2D eigenvalue weighted by Crippen LogP contribution is 2.21. The maximum atomic E-state index is 12.6. The molecule has 0 radical (unpaired) electrons. The van der Waals surface area contributed by atoms with Gasteiger partial charge in [0.1, 0.15) is 0 Å². The molecular weight excluding hydrogens is 380 g/mol. The lowest BCUT2D eigenvalue weighted by atomic mass is 9.99. The number of benzene rings is 1. The predicted octanol–water partition coefficient (Wildman–Crippen LogP) is 1.78. The van der Waals surface area contributed by atoms with E-state index in [9.17, 15) is 18.0 Å². The standard InChI is InChI=1S/C20H28N2O5S/c23-19-7-4-8-20(24)22(19)13-14-28(25,26)21-11-9-18(10-12-21)16-27-15-17-5-2-1-3-6-17/h1-3,5-6,18H,4,7-16H2. The van der Waals surface area contributed by atoms with Crippen LogP contribution in [0.1, 0.15) is 37.7 Å². The number of carbonyl (C=O) groups excluding carboxylic acids is 2. The lowest BCUT2D eigenvalue weighted by Crippen LogP contribution is -2.46. The van der Waals surface area contributed by atoms with E-state index in [2.05, 4.69) is 0 Å². The molecule has 0 aromatic heterocycles. The Balaban J connectivity index is 1.40. The van der Waals surface area contributed by atoms with Gasteiger partial charge < -0.3 is 4.74 Å². The molecule has 154 valence electrons. The zero-order chi connectivity index (χ0) is 20.0. The van der Waals surface area contributed by atoms with Gasteiger partial charge in [-0.25, -0.2) is 12.7 Å². The molecule has 2 fully saturated rings. The summed E-state index contributed by atoms with van der Waals surface area (Å²) in [6, 6.07) is 9.97. The van der Waals surface area contributed by atoms with Gasteiger partial charge in [0.25, 0.3) is 0 Å². The molecule has 0 N–H and O–H groups in total. The van der Waals surface area contributed by atoms with Crippen LogP contribution in [0.2, 0.25) is 0 Å². The fraction of sp³-hybridized carbons (Fsp3) is 0.600. The largest absolute Gasteiger partial charge is 0.376 e. The van der Waals surface area contributed by atoms with Gasteiger partial charge in [-0.15, -0.1) is 0 Å². The quantitative estimate of drug-likeness (QED) is 0.612. The van der Waals surface area contributed by atoms with Gasteiger partial charge in [-0.1, -0.05) is 30.3 Å². The van der Waals surface area contributed by atoms with Crippen molar-refractivity contribution >= 4 is 21.8 Å². The first-order chi connectivity index (χ1) is 13.5. The van der Waals surface area contributed by atoms with Gasteiger partial charge in [0.15, 0.2) is 0 Å². The summed E-state index contributed by atoms with van der Waals surface area (Å²) < 4.78 is 32.5. The first-order valence-corrected chi connectivity index (χ1v) is 11.5. The van der Waals surface area contributed by atoms with E-state index in [0.717, 1.165) is 23.3 Å². The molecule has 2 aliphatic rings. The third-order valence-electron chi connectivity index (χ3n) is 5.39. The number of likely N-dealkylation sites (tertiary alicyclic amines) is 1. The van der Waals surface area contributed by atoms with Crippen molar-refractivity contribution in [2.45, 2.75) is 38.7 Å². The molecule has 0 spiro atoms. The molecule has 0 aliphatic carbocycles. The number of piperidine rings is 2. The lowest BCUT2D eigenvalue weighted by Gasteiger charge is -2.32. The smallest absolute Gasteiger partial charge is 0.229 e. The second kappa shape index (κ2) is 9.62. The monoisotopic (exact) mass is 408 g/mol. The van der Waals surface area contributed by atoms with Crippen molar-refractivity contribution in [1.29, 1.82) is 0 Å². The molecule has 0 bridgehead atoms. The van der Waals surface area contributed by atoms with Crippen LogP contribution in [0.15, 0.2) is 30.3 Å². The van der Waals surface area contributed by atoms with Gasteiger partial charge in [0.05, 0.1) is 12.4 Å². The highest BCUT2D eigenvalue weighted by Gasteiger charge is 2.31. The van der Waals surface area contributed by atoms with Crippen LogP contribution >= 0.6 is 0 Å². The Bertz CT molecular complexity index is 757. The van der Waals surface area contributed by atoms with Crippen molar-refractivity contribution in [3.05, 3.63) is 35.9 Å². The van der Waals surface area contributed by atoms with Crippen LogP contribution in [0.4, 0.5) is 0 Å². The summed E-state index contributed by atoms with van der Waals surface area (Å²) in [7, 11) is -3.47. The van der Waals surface area contributed by atoms with Crippen molar-refractivity contribution in [3.63, 3.8) is 0 Å².